The van der Waals surface area contributed by atoms with Crippen LogP contribution in [0.5, 0.6) is 0 Å². The molecule has 0 aromatic rings. The molecule has 0 rings (SSSR count). The number of carboxylic acid groups (broad SMARTS) is 2. The molecule has 0 saturated heterocycles. The number of hydrogen-bond acceptors (Lipinski definition) is 4. The topological polar surface area (TPSA) is 127 Å². The van der Waals surface area contributed by atoms with E-state index in [0.717, 1.165) is 0 Å². The number of nitrogens with two attached hydrogens (primary N) is 2. The molecular weight excluding hydrogens is 152 g/mol. The molecule has 0 amide bonds. The van der Waals surface area contributed by atoms with Crippen LogP contribution in [0.2, 0.25) is 0 Å². The van der Waals surface area contributed by atoms with Crippen LogP contribution < -0.4 is 11.5 Å². The molecule has 0 aromatic heterocycles. The third-order valence-electron chi connectivity index (χ3n) is 1.29. The van der Waals surface area contributed by atoms with E-state index in [4.69, 9.17) is 21.7 Å². The monoisotopic (exact) mass is 162 g/mol. The lowest BCUT2D eigenvalue weighted by molar-refractivity contribution is -0.149. The van der Waals surface area contributed by atoms with Gasteiger partial charge >= 0.3 is 11.9 Å². The summed E-state index contributed by atoms with van der Waals surface area (Å²) in [6, 6.07) is -1.43. The smallest absolute Gasteiger partial charge is 0.321 e. The van der Waals surface area contributed by atoms with Crippen molar-refractivity contribution in [2.45, 2.75) is 6.04 Å². The highest BCUT2D eigenvalue weighted by atomic mass is 16.4. The summed E-state index contributed by atoms with van der Waals surface area (Å²) < 4.78 is 0. The predicted molar refractivity (Wildman–Crippen MR) is 35.8 cm³/mol. The zero-order chi connectivity index (χ0) is 9.02. The lowest BCUT2D eigenvalue weighted by Gasteiger charge is -2.13. The first-order chi connectivity index (χ1) is 5.00. The van der Waals surface area contributed by atoms with Crippen LogP contribution in [0.3, 0.4) is 0 Å². The molecule has 0 aliphatic carbocycles. The van der Waals surface area contributed by atoms with Crippen molar-refractivity contribution in [2.24, 2.45) is 17.4 Å². The van der Waals surface area contributed by atoms with Crippen molar-refractivity contribution in [3.63, 3.8) is 0 Å². The Morgan fingerprint density at radius 3 is 1.82 bits per heavy atom. The molecular formula is C5H10N2O4. The van der Waals surface area contributed by atoms with Gasteiger partial charge in [-0.05, 0) is 0 Å². The number of aliphatic carboxylic acids is 2. The molecule has 6 N–H and O–H groups in total. The highest BCUT2D eigenvalue weighted by molar-refractivity contribution is 5.82. The molecule has 6 nitrogen and oxygen atoms in total. The lowest BCUT2D eigenvalue weighted by atomic mass is 10.0. The highest BCUT2D eigenvalue weighted by Crippen LogP contribution is 1.99. The minimum absolute atomic E-state index is 0.275. The van der Waals surface area contributed by atoms with Crippen LogP contribution in [0, 0.1) is 5.92 Å². The number of carbonyl (C=O) groups is 2. The molecule has 0 aliphatic heterocycles. The SMILES string of the molecule is NCC(C(=O)O)[C@H](N)C(=O)O. The third kappa shape index (κ3) is 2.52. The summed E-state index contributed by atoms with van der Waals surface area (Å²) in [6.07, 6.45) is 0. The third-order valence-corrected chi connectivity index (χ3v) is 1.29. The summed E-state index contributed by atoms with van der Waals surface area (Å²) in [5, 5.41) is 16.7. The van der Waals surface area contributed by atoms with E-state index in [1.165, 1.54) is 0 Å². The van der Waals surface area contributed by atoms with Gasteiger partial charge in [0.1, 0.15) is 6.04 Å². The van der Waals surface area contributed by atoms with Crippen molar-refractivity contribution in [3.8, 4) is 0 Å². The number of carboxylic acids is 2. The van der Waals surface area contributed by atoms with Gasteiger partial charge in [-0.3, -0.25) is 9.59 Å². The summed E-state index contributed by atoms with van der Waals surface area (Å²) in [4.78, 5) is 20.4. The standard InChI is InChI=1S/C5H10N2O4/c6-1-2(4(8)9)3(7)5(10)11/h2-3H,1,6-7H2,(H,8,9)(H,10,11)/t2?,3-/m0/s1. The second-order valence-corrected chi connectivity index (χ2v) is 2.04. The normalized spacial score (nSPS) is 15.5. The van der Waals surface area contributed by atoms with Gasteiger partial charge in [0, 0.05) is 6.54 Å². The Kier molecular flexibility index (Phi) is 3.49. The Morgan fingerprint density at radius 2 is 1.73 bits per heavy atom. The molecule has 0 radical (unpaired) electrons. The van der Waals surface area contributed by atoms with Gasteiger partial charge in [-0.2, -0.15) is 0 Å². The van der Waals surface area contributed by atoms with Gasteiger partial charge < -0.3 is 21.7 Å². The summed E-state index contributed by atoms with van der Waals surface area (Å²) >= 11 is 0. The Labute approximate surface area is 62.8 Å². The van der Waals surface area contributed by atoms with Crippen molar-refractivity contribution >= 4 is 11.9 Å². The quantitative estimate of drug-likeness (QED) is 0.381. The first kappa shape index (κ1) is 9.86. The van der Waals surface area contributed by atoms with Gasteiger partial charge in [0.25, 0.3) is 0 Å². The van der Waals surface area contributed by atoms with Crippen LogP contribution >= 0.6 is 0 Å². The maximum Gasteiger partial charge on any atom is 0.321 e. The van der Waals surface area contributed by atoms with Crippen LogP contribution in [0.1, 0.15) is 0 Å². The molecule has 0 aromatic carbocycles. The van der Waals surface area contributed by atoms with Crippen LogP contribution in [-0.2, 0) is 9.59 Å². The number of rotatable bonds is 4. The van der Waals surface area contributed by atoms with Crippen molar-refractivity contribution in [3.05, 3.63) is 0 Å². The van der Waals surface area contributed by atoms with E-state index in [-0.39, 0.29) is 6.54 Å². The Hall–Kier alpha value is -1.14. The molecule has 0 saturated carbocycles. The molecule has 11 heavy (non-hydrogen) atoms. The zero-order valence-corrected chi connectivity index (χ0v) is 5.73. The van der Waals surface area contributed by atoms with Crippen LogP contribution in [0.15, 0.2) is 0 Å². The average Bonchev–Trinajstić information content (AvgIpc) is 1.88. The Balaban J connectivity index is 4.25. The van der Waals surface area contributed by atoms with Gasteiger partial charge in [-0.25, -0.2) is 0 Å². The van der Waals surface area contributed by atoms with E-state index in [9.17, 15) is 9.59 Å². The molecule has 6 heteroatoms. The predicted octanol–water partition coefficient (Wildman–Crippen LogP) is -1.94. The van der Waals surface area contributed by atoms with Crippen LogP contribution in [-0.4, -0.2) is 34.7 Å². The minimum atomic E-state index is -1.43. The maximum atomic E-state index is 10.3. The average molecular weight is 162 g/mol. The van der Waals surface area contributed by atoms with Crippen molar-refractivity contribution in [1.82, 2.24) is 0 Å². The fourth-order valence-corrected chi connectivity index (χ4v) is 0.573. The van der Waals surface area contributed by atoms with Gasteiger partial charge in [-0.15, -0.1) is 0 Å². The van der Waals surface area contributed by atoms with Gasteiger partial charge in [0.2, 0.25) is 0 Å². The van der Waals surface area contributed by atoms with Crippen molar-refractivity contribution < 1.29 is 19.8 Å². The summed E-state index contributed by atoms with van der Waals surface area (Å²) in [5.74, 6) is -3.86. The Morgan fingerprint density at radius 1 is 1.27 bits per heavy atom. The second-order valence-electron chi connectivity index (χ2n) is 2.04. The maximum absolute atomic E-state index is 10.3. The molecule has 0 bridgehead atoms. The first-order valence-electron chi connectivity index (χ1n) is 2.92. The summed E-state index contributed by atoms with van der Waals surface area (Å²) in [5.41, 5.74) is 10.0. The summed E-state index contributed by atoms with van der Waals surface area (Å²) in [6.45, 7) is -0.275. The molecule has 0 spiro atoms. The van der Waals surface area contributed by atoms with Crippen LogP contribution in [0.4, 0.5) is 0 Å². The molecule has 2 atom stereocenters. The van der Waals surface area contributed by atoms with E-state index >= 15 is 0 Å². The Bertz CT molecular complexity index is 170. The molecule has 1 unspecified atom stereocenters. The summed E-state index contributed by atoms with van der Waals surface area (Å²) in [7, 11) is 0. The van der Waals surface area contributed by atoms with Gasteiger partial charge in [-0.1, -0.05) is 0 Å². The highest BCUT2D eigenvalue weighted by Gasteiger charge is 2.28. The van der Waals surface area contributed by atoms with E-state index in [2.05, 4.69) is 0 Å². The van der Waals surface area contributed by atoms with E-state index in [1.807, 2.05) is 0 Å². The van der Waals surface area contributed by atoms with E-state index < -0.39 is 23.9 Å². The second kappa shape index (κ2) is 3.89. The molecule has 0 heterocycles. The molecule has 0 fully saturated rings. The largest absolute Gasteiger partial charge is 0.481 e. The fraction of sp³-hybridized carbons (Fsp3) is 0.600. The lowest BCUT2D eigenvalue weighted by Crippen LogP contribution is -2.45. The van der Waals surface area contributed by atoms with Crippen molar-refractivity contribution in [1.29, 1.82) is 0 Å². The van der Waals surface area contributed by atoms with Crippen LogP contribution in [0.25, 0.3) is 0 Å². The fourth-order valence-electron chi connectivity index (χ4n) is 0.573. The first-order valence-corrected chi connectivity index (χ1v) is 2.92. The van der Waals surface area contributed by atoms with Gasteiger partial charge in [0.05, 0.1) is 5.92 Å². The molecule has 0 aliphatic rings. The van der Waals surface area contributed by atoms with E-state index in [0.29, 0.717) is 0 Å². The number of hydrogen-bond donors (Lipinski definition) is 4. The molecule has 64 valence electrons. The van der Waals surface area contributed by atoms with Gasteiger partial charge in [0.15, 0.2) is 0 Å². The minimum Gasteiger partial charge on any atom is -0.481 e. The zero-order valence-electron chi connectivity index (χ0n) is 5.73. The van der Waals surface area contributed by atoms with E-state index in [1.54, 1.807) is 0 Å². The van der Waals surface area contributed by atoms with Crippen molar-refractivity contribution in [2.75, 3.05) is 6.54 Å².